The summed E-state index contributed by atoms with van der Waals surface area (Å²) < 4.78 is 10.9. The number of rotatable bonds is 6. The second-order valence-corrected chi connectivity index (χ2v) is 6.30. The molecule has 3 atom stereocenters. The van der Waals surface area contributed by atoms with Gasteiger partial charge in [-0.05, 0) is 52.6 Å². The Balaban J connectivity index is 1.92. The quantitative estimate of drug-likeness (QED) is 0.752. The average Bonchev–Trinajstić information content (AvgIpc) is 2.89. The molecule has 0 spiro atoms. The van der Waals surface area contributed by atoms with E-state index in [1.54, 1.807) is 0 Å². The molecule has 3 unspecified atom stereocenters. The fourth-order valence-electron chi connectivity index (χ4n) is 3.86. The van der Waals surface area contributed by atoms with Crippen LogP contribution in [0.15, 0.2) is 0 Å². The van der Waals surface area contributed by atoms with E-state index in [-0.39, 0.29) is 5.97 Å². The SMILES string of the molecule is CCOC(=O)C1(NC)CCCC1CCN1CCOC(C)C1. The fraction of sp³-hybridized carbons (Fsp3) is 0.938. The van der Waals surface area contributed by atoms with Gasteiger partial charge in [0.2, 0.25) is 0 Å². The molecule has 0 amide bonds. The number of ether oxygens (including phenoxy) is 2. The van der Waals surface area contributed by atoms with Crippen LogP contribution < -0.4 is 5.32 Å². The van der Waals surface area contributed by atoms with Crippen LogP contribution >= 0.6 is 0 Å². The number of carbonyl (C=O) groups excluding carboxylic acids is 1. The average molecular weight is 298 g/mol. The molecule has 0 aromatic carbocycles. The van der Waals surface area contributed by atoms with Gasteiger partial charge < -0.3 is 14.8 Å². The zero-order valence-electron chi connectivity index (χ0n) is 13.7. The summed E-state index contributed by atoms with van der Waals surface area (Å²) in [5.41, 5.74) is -0.464. The number of esters is 1. The molecule has 1 saturated heterocycles. The molecule has 0 aromatic rings. The van der Waals surface area contributed by atoms with Gasteiger partial charge in [-0.15, -0.1) is 0 Å². The van der Waals surface area contributed by atoms with Crippen LogP contribution in [0.5, 0.6) is 0 Å². The van der Waals surface area contributed by atoms with Gasteiger partial charge in [0.05, 0.1) is 19.3 Å². The molecule has 2 rings (SSSR count). The lowest BCUT2D eigenvalue weighted by molar-refractivity contribution is -0.153. The summed E-state index contributed by atoms with van der Waals surface area (Å²) in [6, 6.07) is 0. The van der Waals surface area contributed by atoms with Crippen LogP contribution in [0.4, 0.5) is 0 Å². The van der Waals surface area contributed by atoms with E-state index in [2.05, 4.69) is 17.1 Å². The lowest BCUT2D eigenvalue weighted by Gasteiger charge is -2.36. The summed E-state index contributed by atoms with van der Waals surface area (Å²) in [5, 5.41) is 3.29. The summed E-state index contributed by atoms with van der Waals surface area (Å²) in [4.78, 5) is 14.8. The molecule has 2 aliphatic rings. The molecular weight excluding hydrogens is 268 g/mol. The summed E-state index contributed by atoms with van der Waals surface area (Å²) in [6.07, 6.45) is 4.48. The van der Waals surface area contributed by atoms with Crippen molar-refractivity contribution in [1.82, 2.24) is 10.2 Å². The Morgan fingerprint density at radius 1 is 1.52 bits per heavy atom. The minimum Gasteiger partial charge on any atom is -0.465 e. The second kappa shape index (κ2) is 7.56. The van der Waals surface area contributed by atoms with E-state index in [4.69, 9.17) is 9.47 Å². The molecule has 2 fully saturated rings. The van der Waals surface area contributed by atoms with Crippen LogP contribution in [0, 0.1) is 5.92 Å². The van der Waals surface area contributed by atoms with Crippen molar-refractivity contribution in [2.24, 2.45) is 5.92 Å². The first kappa shape index (κ1) is 16.7. The molecule has 0 radical (unpaired) electrons. The van der Waals surface area contributed by atoms with Gasteiger partial charge in [-0.25, -0.2) is 0 Å². The molecule has 1 heterocycles. The van der Waals surface area contributed by atoms with Gasteiger partial charge in [0.1, 0.15) is 5.54 Å². The van der Waals surface area contributed by atoms with Crippen LogP contribution in [-0.2, 0) is 14.3 Å². The van der Waals surface area contributed by atoms with Crippen molar-refractivity contribution in [2.75, 3.05) is 39.9 Å². The van der Waals surface area contributed by atoms with Crippen molar-refractivity contribution in [3.63, 3.8) is 0 Å². The first-order valence-corrected chi connectivity index (χ1v) is 8.32. The normalized spacial score (nSPS) is 34.0. The fourth-order valence-corrected chi connectivity index (χ4v) is 3.86. The van der Waals surface area contributed by atoms with Crippen molar-refractivity contribution in [3.8, 4) is 0 Å². The Morgan fingerprint density at radius 3 is 3.00 bits per heavy atom. The molecule has 1 saturated carbocycles. The number of hydrogen-bond donors (Lipinski definition) is 1. The lowest BCUT2D eigenvalue weighted by atomic mass is 9.84. The first-order chi connectivity index (χ1) is 10.1. The third kappa shape index (κ3) is 3.76. The second-order valence-electron chi connectivity index (χ2n) is 6.30. The van der Waals surface area contributed by atoms with Gasteiger partial charge in [0.25, 0.3) is 0 Å². The van der Waals surface area contributed by atoms with E-state index in [1.165, 1.54) is 0 Å². The highest BCUT2D eigenvalue weighted by molar-refractivity contribution is 5.81. The molecule has 1 aliphatic carbocycles. The van der Waals surface area contributed by atoms with Crippen LogP contribution in [0.3, 0.4) is 0 Å². The van der Waals surface area contributed by atoms with E-state index in [9.17, 15) is 4.79 Å². The maximum atomic E-state index is 12.4. The molecule has 21 heavy (non-hydrogen) atoms. The molecular formula is C16H30N2O3. The van der Waals surface area contributed by atoms with Crippen LogP contribution in [-0.4, -0.2) is 62.4 Å². The van der Waals surface area contributed by atoms with E-state index >= 15 is 0 Å². The molecule has 1 N–H and O–H groups in total. The van der Waals surface area contributed by atoms with Crippen molar-refractivity contribution >= 4 is 5.97 Å². The Kier molecular flexibility index (Phi) is 6.02. The summed E-state index contributed by atoms with van der Waals surface area (Å²) in [7, 11) is 1.89. The maximum Gasteiger partial charge on any atom is 0.326 e. The number of nitrogens with one attached hydrogen (secondary N) is 1. The van der Waals surface area contributed by atoms with Gasteiger partial charge in [-0.1, -0.05) is 6.42 Å². The van der Waals surface area contributed by atoms with E-state index in [1.807, 2.05) is 14.0 Å². The number of morpholine rings is 1. The van der Waals surface area contributed by atoms with Crippen LogP contribution in [0.25, 0.3) is 0 Å². The van der Waals surface area contributed by atoms with Gasteiger partial charge >= 0.3 is 5.97 Å². The topological polar surface area (TPSA) is 50.8 Å². The molecule has 122 valence electrons. The van der Waals surface area contributed by atoms with Gasteiger partial charge in [0, 0.05) is 13.1 Å². The zero-order chi connectivity index (χ0) is 15.3. The van der Waals surface area contributed by atoms with E-state index in [0.717, 1.165) is 51.9 Å². The Hall–Kier alpha value is -0.650. The summed E-state index contributed by atoms with van der Waals surface area (Å²) in [5.74, 6) is 0.310. The Morgan fingerprint density at radius 2 is 2.33 bits per heavy atom. The molecule has 5 nitrogen and oxygen atoms in total. The highest BCUT2D eigenvalue weighted by Gasteiger charge is 2.48. The first-order valence-electron chi connectivity index (χ1n) is 8.32. The summed E-state index contributed by atoms with van der Waals surface area (Å²) in [6.45, 7) is 8.32. The van der Waals surface area contributed by atoms with Crippen molar-refractivity contribution in [2.45, 2.75) is 51.2 Å². The van der Waals surface area contributed by atoms with Gasteiger partial charge in [-0.2, -0.15) is 0 Å². The standard InChI is InChI=1S/C16H30N2O3/c1-4-20-15(19)16(17-3)8-5-6-14(16)7-9-18-10-11-21-13(2)12-18/h13-14,17H,4-12H2,1-3H3. The third-order valence-electron chi connectivity index (χ3n) is 5.03. The van der Waals surface area contributed by atoms with Crippen molar-refractivity contribution < 1.29 is 14.3 Å². The highest BCUT2D eigenvalue weighted by atomic mass is 16.5. The minimum atomic E-state index is -0.464. The van der Waals surface area contributed by atoms with Gasteiger partial charge in [0.15, 0.2) is 0 Å². The molecule has 0 aromatic heterocycles. The predicted octanol–water partition coefficient (Wildman–Crippen LogP) is 1.42. The number of hydrogen-bond acceptors (Lipinski definition) is 5. The monoisotopic (exact) mass is 298 g/mol. The molecule has 0 bridgehead atoms. The highest BCUT2D eigenvalue weighted by Crippen LogP contribution is 2.39. The van der Waals surface area contributed by atoms with Gasteiger partial charge in [-0.3, -0.25) is 9.69 Å². The summed E-state index contributed by atoms with van der Waals surface area (Å²) >= 11 is 0. The minimum absolute atomic E-state index is 0.0645. The van der Waals surface area contributed by atoms with Crippen LogP contribution in [0.1, 0.15) is 39.5 Å². The zero-order valence-corrected chi connectivity index (χ0v) is 13.7. The Bertz CT molecular complexity index is 350. The van der Waals surface area contributed by atoms with Crippen molar-refractivity contribution in [1.29, 1.82) is 0 Å². The van der Waals surface area contributed by atoms with Crippen LogP contribution in [0.2, 0.25) is 0 Å². The van der Waals surface area contributed by atoms with E-state index in [0.29, 0.717) is 18.6 Å². The number of carbonyl (C=O) groups is 1. The molecule has 1 aliphatic heterocycles. The maximum absolute atomic E-state index is 12.4. The molecule has 5 heteroatoms. The van der Waals surface area contributed by atoms with E-state index < -0.39 is 5.54 Å². The lowest BCUT2D eigenvalue weighted by Crippen LogP contribution is -2.54. The third-order valence-corrected chi connectivity index (χ3v) is 5.03. The number of nitrogens with zero attached hydrogens (tertiary/aromatic N) is 1. The largest absolute Gasteiger partial charge is 0.465 e. The predicted molar refractivity (Wildman–Crippen MR) is 82.2 cm³/mol. The Labute approximate surface area is 128 Å². The smallest absolute Gasteiger partial charge is 0.326 e. The van der Waals surface area contributed by atoms with Crippen molar-refractivity contribution in [3.05, 3.63) is 0 Å². The number of likely N-dealkylation sites (N-methyl/N-ethyl adjacent to an activating group) is 1.